The highest BCUT2D eigenvalue weighted by atomic mass is 32.1. The molecule has 8 nitrogen and oxygen atoms in total. The molecule has 1 N–H and O–H groups in total. The first kappa shape index (κ1) is 23.4. The Kier molecular flexibility index (Phi) is 7.22. The summed E-state index contributed by atoms with van der Waals surface area (Å²) in [7, 11) is 2.76. The number of carbonyl (C=O) groups is 2. The molecular formula is C25H26N4O4S. The third kappa shape index (κ3) is 4.65. The zero-order valence-electron chi connectivity index (χ0n) is 19.0. The lowest BCUT2D eigenvalue weighted by Crippen LogP contribution is -2.31. The van der Waals surface area contributed by atoms with Gasteiger partial charge in [0, 0.05) is 31.1 Å². The van der Waals surface area contributed by atoms with Crippen LogP contribution in [0.15, 0.2) is 67.0 Å². The van der Waals surface area contributed by atoms with Gasteiger partial charge in [0.1, 0.15) is 0 Å². The summed E-state index contributed by atoms with van der Waals surface area (Å²) in [5.74, 6) is -0.669. The molecule has 176 valence electrons. The summed E-state index contributed by atoms with van der Waals surface area (Å²) < 4.78 is 11.8. The molecule has 0 saturated carbocycles. The molecule has 0 amide bonds. The monoisotopic (exact) mass is 478 g/mol. The first-order chi connectivity index (χ1) is 16.5. The third-order valence-electron chi connectivity index (χ3n) is 5.86. The van der Waals surface area contributed by atoms with Gasteiger partial charge in [-0.3, -0.25) is 9.78 Å². The Hall–Kier alpha value is -3.72. The quantitative estimate of drug-likeness (QED) is 0.388. The second kappa shape index (κ2) is 10.5. The second-order valence-electron chi connectivity index (χ2n) is 7.81. The van der Waals surface area contributed by atoms with Crippen molar-refractivity contribution in [1.29, 1.82) is 0 Å². The minimum atomic E-state index is -0.411. The average Bonchev–Trinajstić information content (AvgIpc) is 3.48. The molecule has 3 heterocycles. The van der Waals surface area contributed by atoms with Gasteiger partial charge in [0.05, 0.1) is 43.2 Å². The Morgan fingerprint density at radius 1 is 1.06 bits per heavy atom. The maximum Gasteiger partial charge on any atom is 0.339 e. The summed E-state index contributed by atoms with van der Waals surface area (Å²) in [4.78, 5) is 30.8. The number of hydrogen-bond donors (Lipinski definition) is 1. The molecule has 2 unspecified atom stereocenters. The number of pyridine rings is 1. The molecule has 1 aliphatic heterocycles. The van der Waals surface area contributed by atoms with Crippen LogP contribution in [0.3, 0.4) is 0 Å². The Morgan fingerprint density at radius 3 is 2.59 bits per heavy atom. The Bertz CT molecular complexity index is 1180. The summed E-state index contributed by atoms with van der Waals surface area (Å²) in [5, 5.41) is 3.99. The Labute approximate surface area is 203 Å². The van der Waals surface area contributed by atoms with Crippen molar-refractivity contribution in [1.82, 2.24) is 19.8 Å². The first-order valence-electron chi connectivity index (χ1n) is 10.9. The lowest BCUT2D eigenvalue weighted by atomic mass is 10.0. The molecule has 1 saturated heterocycles. The van der Waals surface area contributed by atoms with Gasteiger partial charge in [-0.1, -0.05) is 18.2 Å². The van der Waals surface area contributed by atoms with Gasteiger partial charge in [0.2, 0.25) is 0 Å². The zero-order chi connectivity index (χ0) is 24.1. The van der Waals surface area contributed by atoms with Crippen LogP contribution in [-0.2, 0) is 14.3 Å². The van der Waals surface area contributed by atoms with E-state index in [2.05, 4.69) is 15.2 Å². The first-order valence-corrected chi connectivity index (χ1v) is 11.4. The fourth-order valence-corrected chi connectivity index (χ4v) is 4.62. The fourth-order valence-electron chi connectivity index (χ4n) is 4.28. The molecule has 2 atom stereocenters. The number of ether oxygens (including phenoxy) is 2. The summed E-state index contributed by atoms with van der Waals surface area (Å²) >= 11 is 5.71. The molecule has 3 aromatic rings. The van der Waals surface area contributed by atoms with Gasteiger partial charge in [0.25, 0.3) is 0 Å². The molecule has 34 heavy (non-hydrogen) atoms. The van der Waals surface area contributed by atoms with Crippen LogP contribution in [0.5, 0.6) is 0 Å². The smallest absolute Gasteiger partial charge is 0.339 e. The van der Waals surface area contributed by atoms with Crippen LogP contribution in [0.4, 0.5) is 0 Å². The van der Waals surface area contributed by atoms with Gasteiger partial charge in [0.15, 0.2) is 5.11 Å². The van der Waals surface area contributed by atoms with Crippen molar-refractivity contribution in [3.63, 3.8) is 0 Å². The number of esters is 2. The Morgan fingerprint density at radius 2 is 1.85 bits per heavy atom. The van der Waals surface area contributed by atoms with Crippen molar-refractivity contribution in [3.8, 4) is 5.69 Å². The normalized spacial score (nSPS) is 17.4. The van der Waals surface area contributed by atoms with Crippen molar-refractivity contribution in [2.45, 2.75) is 24.9 Å². The van der Waals surface area contributed by atoms with Gasteiger partial charge in [-0.25, -0.2) is 4.79 Å². The summed E-state index contributed by atoms with van der Waals surface area (Å²) in [6.45, 7) is 0.554. The van der Waals surface area contributed by atoms with Crippen molar-refractivity contribution in [3.05, 3.63) is 83.9 Å². The third-order valence-corrected chi connectivity index (χ3v) is 6.21. The predicted octanol–water partition coefficient (Wildman–Crippen LogP) is 3.58. The Balaban J connectivity index is 1.76. The summed E-state index contributed by atoms with van der Waals surface area (Å²) in [6, 6.07) is 16.6. The molecule has 0 spiro atoms. The van der Waals surface area contributed by atoms with Crippen molar-refractivity contribution in [2.75, 3.05) is 20.8 Å². The average molecular weight is 479 g/mol. The van der Waals surface area contributed by atoms with E-state index in [0.717, 1.165) is 11.4 Å². The minimum absolute atomic E-state index is 0.217. The highest BCUT2D eigenvalue weighted by Crippen LogP contribution is 2.40. The molecule has 1 aliphatic rings. The van der Waals surface area contributed by atoms with Gasteiger partial charge in [-0.05, 0) is 55.0 Å². The molecule has 2 aromatic heterocycles. The molecule has 1 fully saturated rings. The van der Waals surface area contributed by atoms with Crippen LogP contribution in [0.2, 0.25) is 0 Å². The van der Waals surface area contributed by atoms with Gasteiger partial charge < -0.3 is 24.3 Å². The van der Waals surface area contributed by atoms with E-state index in [-0.39, 0.29) is 18.1 Å². The van der Waals surface area contributed by atoms with Crippen LogP contribution >= 0.6 is 12.2 Å². The van der Waals surface area contributed by atoms with E-state index in [1.807, 2.05) is 53.2 Å². The highest BCUT2D eigenvalue weighted by Gasteiger charge is 2.41. The molecule has 0 radical (unpaired) electrons. The van der Waals surface area contributed by atoms with E-state index < -0.39 is 5.97 Å². The largest absolute Gasteiger partial charge is 0.469 e. The number of nitrogens with zero attached hydrogens (tertiary/aromatic N) is 3. The number of carbonyl (C=O) groups excluding carboxylic acids is 2. The predicted molar refractivity (Wildman–Crippen MR) is 131 cm³/mol. The van der Waals surface area contributed by atoms with E-state index in [9.17, 15) is 9.59 Å². The molecule has 4 rings (SSSR count). The standard InChI is InChI=1S/C25H26N4O4S/c1-32-21(30)13-8-16-29-23(22(27-25(29)34)18-10-5-6-14-26-18)20-12-7-15-28(20)19-11-4-3-9-17(19)24(31)33-2/h3-7,9-12,14-15,22-23H,8,13,16H2,1-2H3,(H,27,34). The van der Waals surface area contributed by atoms with Gasteiger partial charge in [-0.15, -0.1) is 0 Å². The van der Waals surface area contributed by atoms with Crippen molar-refractivity contribution >= 4 is 29.3 Å². The summed E-state index contributed by atoms with van der Waals surface area (Å²) in [6.07, 6.45) is 4.55. The van der Waals surface area contributed by atoms with Gasteiger partial charge >= 0.3 is 11.9 Å². The van der Waals surface area contributed by atoms with Crippen molar-refractivity contribution in [2.24, 2.45) is 0 Å². The topological polar surface area (TPSA) is 85.7 Å². The van der Waals surface area contributed by atoms with Crippen LogP contribution < -0.4 is 5.32 Å². The SMILES string of the molecule is COC(=O)CCCN1C(=S)NC(c2ccccn2)C1c1cccn1-c1ccccc1C(=O)OC. The maximum absolute atomic E-state index is 12.5. The number of thiocarbonyl (C=S) groups is 1. The van der Waals surface area contributed by atoms with Crippen LogP contribution in [-0.4, -0.2) is 52.3 Å². The number of benzene rings is 1. The lowest BCUT2D eigenvalue weighted by molar-refractivity contribution is -0.140. The van der Waals surface area contributed by atoms with E-state index in [1.54, 1.807) is 18.3 Å². The molecular weight excluding hydrogens is 452 g/mol. The van der Waals surface area contributed by atoms with E-state index in [1.165, 1.54) is 14.2 Å². The summed E-state index contributed by atoms with van der Waals surface area (Å²) in [5.41, 5.74) is 2.95. The molecule has 0 aliphatic carbocycles. The number of nitrogens with one attached hydrogen (secondary N) is 1. The number of hydrogen-bond acceptors (Lipinski definition) is 6. The maximum atomic E-state index is 12.5. The number of para-hydroxylation sites is 1. The molecule has 0 bridgehead atoms. The van der Waals surface area contributed by atoms with E-state index >= 15 is 0 Å². The number of methoxy groups -OCH3 is 2. The molecule has 9 heteroatoms. The lowest BCUT2D eigenvalue weighted by Gasteiger charge is -2.29. The zero-order valence-corrected chi connectivity index (χ0v) is 19.8. The van der Waals surface area contributed by atoms with E-state index in [0.29, 0.717) is 35.7 Å². The molecule has 1 aromatic carbocycles. The fraction of sp³-hybridized carbons (Fsp3) is 0.280. The number of rotatable bonds is 8. The van der Waals surface area contributed by atoms with E-state index in [4.69, 9.17) is 21.7 Å². The minimum Gasteiger partial charge on any atom is -0.469 e. The van der Waals surface area contributed by atoms with Gasteiger partial charge in [-0.2, -0.15) is 0 Å². The van der Waals surface area contributed by atoms with Crippen molar-refractivity contribution < 1.29 is 19.1 Å². The van der Waals surface area contributed by atoms with Crippen LogP contribution in [0.1, 0.15) is 46.7 Å². The highest BCUT2D eigenvalue weighted by molar-refractivity contribution is 7.80. The number of aromatic nitrogens is 2. The second-order valence-corrected chi connectivity index (χ2v) is 8.20. The van der Waals surface area contributed by atoms with Crippen LogP contribution in [0, 0.1) is 0 Å². The van der Waals surface area contributed by atoms with Crippen LogP contribution in [0.25, 0.3) is 5.69 Å².